The number of aliphatic hydroxyl groups excluding tert-OH is 3. The summed E-state index contributed by atoms with van der Waals surface area (Å²) in [5.41, 5.74) is 0. The molecule has 1 unspecified atom stereocenters. The summed E-state index contributed by atoms with van der Waals surface area (Å²) in [6, 6.07) is 0. The van der Waals surface area contributed by atoms with E-state index < -0.39 is 18.3 Å². The Hall–Kier alpha value is -0.120. The van der Waals surface area contributed by atoms with Gasteiger partial charge in [-0.2, -0.15) is 0 Å². The highest BCUT2D eigenvalue weighted by atomic mass is 16.3. The predicted molar refractivity (Wildman–Crippen MR) is 34.2 cm³/mol. The van der Waals surface area contributed by atoms with Gasteiger partial charge in [-0.05, 0) is 18.8 Å². The van der Waals surface area contributed by atoms with E-state index in [-0.39, 0.29) is 11.8 Å². The van der Waals surface area contributed by atoms with Crippen molar-refractivity contribution in [2.75, 3.05) is 0 Å². The van der Waals surface area contributed by atoms with Gasteiger partial charge in [-0.25, -0.2) is 0 Å². The fourth-order valence-corrected chi connectivity index (χ4v) is 2.34. The maximum atomic E-state index is 9.35. The first-order valence-corrected chi connectivity index (χ1v) is 3.74. The van der Waals surface area contributed by atoms with Gasteiger partial charge in [-0.15, -0.1) is 0 Å². The maximum Gasteiger partial charge on any atom is 0.0647 e. The molecule has 2 aliphatic rings. The lowest BCUT2D eigenvalue weighted by Crippen LogP contribution is -2.30. The highest BCUT2D eigenvalue weighted by Gasteiger charge is 2.51. The van der Waals surface area contributed by atoms with Crippen molar-refractivity contribution in [2.45, 2.75) is 31.2 Å². The van der Waals surface area contributed by atoms with Crippen LogP contribution in [0.4, 0.5) is 0 Å². The molecule has 0 aromatic rings. The Bertz CT molecular complexity index is 136. The van der Waals surface area contributed by atoms with E-state index in [0.29, 0.717) is 12.8 Å². The van der Waals surface area contributed by atoms with Crippen LogP contribution in [0.3, 0.4) is 0 Å². The second-order valence-electron chi connectivity index (χ2n) is 3.43. The molecular weight excluding hydrogens is 132 g/mol. The Morgan fingerprint density at radius 2 is 1.40 bits per heavy atom. The highest BCUT2D eigenvalue weighted by molar-refractivity contribution is 5.02. The molecule has 0 aliphatic heterocycles. The smallest absolute Gasteiger partial charge is 0.0647 e. The highest BCUT2D eigenvalue weighted by Crippen LogP contribution is 2.44. The fraction of sp³-hybridized carbons (Fsp3) is 1.00. The molecule has 3 atom stereocenters. The van der Waals surface area contributed by atoms with Gasteiger partial charge in [0, 0.05) is 5.92 Å². The first-order valence-electron chi connectivity index (χ1n) is 3.74. The van der Waals surface area contributed by atoms with Gasteiger partial charge in [0.25, 0.3) is 0 Å². The minimum atomic E-state index is -0.469. The van der Waals surface area contributed by atoms with E-state index in [1.54, 1.807) is 0 Å². The van der Waals surface area contributed by atoms with E-state index in [9.17, 15) is 15.3 Å². The minimum absolute atomic E-state index is 0.148. The van der Waals surface area contributed by atoms with Crippen LogP contribution in [0.15, 0.2) is 0 Å². The third kappa shape index (κ3) is 0.654. The van der Waals surface area contributed by atoms with Crippen molar-refractivity contribution in [2.24, 2.45) is 11.8 Å². The van der Waals surface area contributed by atoms with E-state index in [4.69, 9.17) is 0 Å². The predicted octanol–water partition coefficient (Wildman–Crippen LogP) is -0.891. The van der Waals surface area contributed by atoms with Crippen LogP contribution in [-0.4, -0.2) is 33.6 Å². The summed E-state index contributed by atoms with van der Waals surface area (Å²) in [7, 11) is 0. The van der Waals surface area contributed by atoms with Gasteiger partial charge in [0.2, 0.25) is 0 Å². The summed E-state index contributed by atoms with van der Waals surface area (Å²) < 4.78 is 0. The lowest BCUT2D eigenvalue weighted by Gasteiger charge is -2.20. The first kappa shape index (κ1) is 6.58. The Morgan fingerprint density at radius 3 is 1.60 bits per heavy atom. The van der Waals surface area contributed by atoms with Crippen LogP contribution in [0, 0.1) is 11.8 Å². The third-order valence-electron chi connectivity index (χ3n) is 2.85. The number of aliphatic hydroxyl groups is 3. The van der Waals surface area contributed by atoms with Crippen molar-refractivity contribution in [1.82, 2.24) is 0 Å². The van der Waals surface area contributed by atoms with Crippen molar-refractivity contribution in [3.8, 4) is 0 Å². The SMILES string of the molecule is OC1C2C[C@@H](O)C1[C@H](O)C2. The molecule has 2 fully saturated rings. The number of hydrogen-bond acceptors (Lipinski definition) is 3. The van der Waals surface area contributed by atoms with Crippen molar-refractivity contribution in [3.05, 3.63) is 0 Å². The van der Waals surface area contributed by atoms with Crippen molar-refractivity contribution in [1.29, 1.82) is 0 Å². The molecule has 2 rings (SSSR count). The monoisotopic (exact) mass is 144 g/mol. The summed E-state index contributed by atoms with van der Waals surface area (Å²) >= 11 is 0. The molecule has 10 heavy (non-hydrogen) atoms. The van der Waals surface area contributed by atoms with Gasteiger partial charge < -0.3 is 15.3 Å². The van der Waals surface area contributed by atoms with Gasteiger partial charge >= 0.3 is 0 Å². The summed E-state index contributed by atoms with van der Waals surface area (Å²) in [5, 5.41) is 27.8. The molecule has 0 saturated heterocycles. The normalized spacial score (nSPS) is 59.7. The molecule has 0 amide bonds. The van der Waals surface area contributed by atoms with Crippen LogP contribution in [-0.2, 0) is 0 Å². The van der Waals surface area contributed by atoms with E-state index in [1.807, 2.05) is 0 Å². The van der Waals surface area contributed by atoms with Crippen LogP contribution < -0.4 is 0 Å². The number of hydrogen-bond donors (Lipinski definition) is 3. The molecule has 3 N–H and O–H groups in total. The van der Waals surface area contributed by atoms with Crippen molar-refractivity contribution >= 4 is 0 Å². The molecule has 3 heteroatoms. The number of rotatable bonds is 0. The van der Waals surface area contributed by atoms with Gasteiger partial charge in [0.05, 0.1) is 18.3 Å². The van der Waals surface area contributed by atoms with Gasteiger partial charge in [0.1, 0.15) is 0 Å². The summed E-state index contributed by atoms with van der Waals surface area (Å²) in [4.78, 5) is 0. The molecule has 2 aliphatic carbocycles. The van der Waals surface area contributed by atoms with Crippen LogP contribution in [0.5, 0.6) is 0 Å². The standard InChI is InChI=1S/C7H12O3/c8-4-1-3-2-5(9)6(4)7(3)10/h3-10H,1-2H2/t3?,4-,5-,6?,7?/m1/s1. The van der Waals surface area contributed by atoms with Crippen molar-refractivity contribution in [3.63, 3.8) is 0 Å². The molecule has 0 aromatic heterocycles. The lowest BCUT2D eigenvalue weighted by atomic mass is 9.95. The molecule has 58 valence electrons. The summed E-state index contributed by atoms with van der Waals surface area (Å²) in [5.74, 6) is -0.111. The van der Waals surface area contributed by atoms with Crippen LogP contribution in [0.25, 0.3) is 0 Å². The Balaban J connectivity index is 2.19. The molecule has 2 saturated carbocycles. The van der Waals surface area contributed by atoms with E-state index in [0.717, 1.165) is 0 Å². The average Bonchev–Trinajstić information content (AvgIpc) is 2.20. The Morgan fingerprint density at radius 1 is 0.900 bits per heavy atom. The zero-order valence-electron chi connectivity index (χ0n) is 5.64. The lowest BCUT2D eigenvalue weighted by molar-refractivity contribution is -0.00160. The Kier molecular flexibility index (Phi) is 1.27. The zero-order chi connectivity index (χ0) is 7.30. The molecular formula is C7H12O3. The zero-order valence-corrected chi connectivity index (χ0v) is 5.64. The molecule has 0 aromatic carbocycles. The number of fused-ring (bicyclic) bond motifs is 2. The topological polar surface area (TPSA) is 60.7 Å². The van der Waals surface area contributed by atoms with Gasteiger partial charge in [-0.1, -0.05) is 0 Å². The first-order chi connectivity index (χ1) is 4.70. The minimum Gasteiger partial charge on any atom is -0.393 e. The van der Waals surface area contributed by atoms with E-state index in [1.165, 1.54) is 0 Å². The summed E-state index contributed by atoms with van der Waals surface area (Å²) in [6.45, 7) is 0. The molecule has 2 bridgehead atoms. The van der Waals surface area contributed by atoms with Gasteiger partial charge in [0.15, 0.2) is 0 Å². The molecule has 3 nitrogen and oxygen atoms in total. The van der Waals surface area contributed by atoms with Crippen molar-refractivity contribution < 1.29 is 15.3 Å². The second kappa shape index (κ2) is 1.94. The van der Waals surface area contributed by atoms with E-state index >= 15 is 0 Å². The van der Waals surface area contributed by atoms with E-state index in [2.05, 4.69) is 0 Å². The molecule has 0 spiro atoms. The maximum absolute atomic E-state index is 9.35. The summed E-state index contributed by atoms with van der Waals surface area (Å²) in [6.07, 6.45) is -0.0521. The second-order valence-corrected chi connectivity index (χ2v) is 3.43. The fourth-order valence-electron chi connectivity index (χ4n) is 2.34. The average molecular weight is 144 g/mol. The Labute approximate surface area is 59.3 Å². The van der Waals surface area contributed by atoms with Crippen LogP contribution in [0.2, 0.25) is 0 Å². The molecule has 0 heterocycles. The quantitative estimate of drug-likeness (QED) is 0.413. The van der Waals surface area contributed by atoms with Crippen LogP contribution >= 0.6 is 0 Å². The third-order valence-corrected chi connectivity index (χ3v) is 2.85. The largest absolute Gasteiger partial charge is 0.393 e. The van der Waals surface area contributed by atoms with Crippen LogP contribution in [0.1, 0.15) is 12.8 Å². The molecule has 0 radical (unpaired) electrons. The van der Waals surface area contributed by atoms with Gasteiger partial charge in [-0.3, -0.25) is 0 Å².